The summed E-state index contributed by atoms with van der Waals surface area (Å²) in [5.41, 5.74) is -0.531. The maximum absolute atomic E-state index is 12.0. The molecule has 1 fully saturated rings. The second kappa shape index (κ2) is 7.50. The van der Waals surface area contributed by atoms with Gasteiger partial charge in [-0.2, -0.15) is 0 Å². The number of hydrogen-bond acceptors (Lipinski definition) is 4. The van der Waals surface area contributed by atoms with Gasteiger partial charge in [0.15, 0.2) is 0 Å². The van der Waals surface area contributed by atoms with E-state index in [0.717, 1.165) is 25.7 Å². The van der Waals surface area contributed by atoms with Crippen LogP contribution in [0.2, 0.25) is 0 Å². The molecular formula is C15H27NO4. The minimum absolute atomic E-state index is 0.213. The van der Waals surface area contributed by atoms with Crippen molar-refractivity contribution in [2.75, 3.05) is 13.2 Å². The summed E-state index contributed by atoms with van der Waals surface area (Å²) in [5.74, 6) is -0.163. The molecule has 1 saturated carbocycles. The number of hydrogen-bond donors (Lipinski definition) is 1. The fraction of sp³-hybridized carbons (Fsp3) is 0.867. The molecule has 0 heterocycles. The first-order chi connectivity index (χ1) is 9.33. The fourth-order valence-corrected chi connectivity index (χ4v) is 2.56. The normalized spacial score (nSPS) is 17.6. The smallest absolute Gasteiger partial charge is 0.407 e. The van der Waals surface area contributed by atoms with Crippen LogP contribution in [0.3, 0.4) is 0 Å². The highest BCUT2D eigenvalue weighted by atomic mass is 16.6. The van der Waals surface area contributed by atoms with Crippen LogP contribution in [0.15, 0.2) is 0 Å². The molecule has 5 heteroatoms. The Labute approximate surface area is 121 Å². The van der Waals surface area contributed by atoms with Gasteiger partial charge < -0.3 is 14.8 Å². The van der Waals surface area contributed by atoms with Gasteiger partial charge in [-0.15, -0.1) is 0 Å². The number of ether oxygens (including phenoxy) is 2. The maximum atomic E-state index is 12.0. The zero-order chi connectivity index (χ0) is 15.2. The lowest BCUT2D eigenvalue weighted by molar-refractivity contribution is -0.149. The third kappa shape index (κ3) is 5.80. The van der Waals surface area contributed by atoms with Crippen LogP contribution in [0.25, 0.3) is 0 Å². The zero-order valence-corrected chi connectivity index (χ0v) is 13.0. The molecule has 5 nitrogen and oxygen atoms in total. The number of nitrogens with one attached hydrogen (secondary N) is 1. The highest BCUT2D eigenvalue weighted by Crippen LogP contribution is 2.31. The number of carbonyl (C=O) groups excluding carboxylic acids is 2. The van der Waals surface area contributed by atoms with Gasteiger partial charge >= 0.3 is 12.1 Å². The van der Waals surface area contributed by atoms with Crippen molar-refractivity contribution in [2.24, 2.45) is 11.8 Å². The van der Waals surface area contributed by atoms with Gasteiger partial charge in [-0.25, -0.2) is 4.79 Å². The molecule has 116 valence electrons. The van der Waals surface area contributed by atoms with Gasteiger partial charge in [-0.05, 0) is 46.5 Å². The maximum Gasteiger partial charge on any atom is 0.407 e. The summed E-state index contributed by atoms with van der Waals surface area (Å²) in [6.07, 6.45) is 3.86. The molecular weight excluding hydrogens is 258 g/mol. The topological polar surface area (TPSA) is 64.6 Å². The van der Waals surface area contributed by atoms with Crippen molar-refractivity contribution >= 4 is 12.1 Å². The Morgan fingerprint density at radius 2 is 1.85 bits per heavy atom. The second-order valence-electron chi connectivity index (χ2n) is 6.29. The van der Waals surface area contributed by atoms with Gasteiger partial charge in [0.2, 0.25) is 0 Å². The van der Waals surface area contributed by atoms with Crippen molar-refractivity contribution in [3.05, 3.63) is 0 Å². The zero-order valence-electron chi connectivity index (χ0n) is 13.0. The molecule has 1 amide bonds. The van der Waals surface area contributed by atoms with E-state index < -0.39 is 11.7 Å². The average Bonchev–Trinajstić information content (AvgIpc) is 2.80. The highest BCUT2D eigenvalue weighted by Gasteiger charge is 2.32. The SMILES string of the molecule is CCOC(=O)[C@H](CNC(=O)OC(C)(C)C)C1CCCC1. The van der Waals surface area contributed by atoms with E-state index in [1.807, 2.05) is 20.8 Å². The molecule has 20 heavy (non-hydrogen) atoms. The van der Waals surface area contributed by atoms with E-state index in [9.17, 15) is 9.59 Å². The molecule has 0 unspecified atom stereocenters. The van der Waals surface area contributed by atoms with Crippen molar-refractivity contribution in [3.8, 4) is 0 Å². The summed E-state index contributed by atoms with van der Waals surface area (Å²) in [5, 5.41) is 2.69. The van der Waals surface area contributed by atoms with Crippen molar-refractivity contribution in [1.29, 1.82) is 0 Å². The Kier molecular flexibility index (Phi) is 6.30. The standard InChI is InChI=1S/C15H27NO4/c1-5-19-13(17)12(11-8-6-7-9-11)10-16-14(18)20-15(2,3)4/h11-12H,5-10H2,1-4H3,(H,16,18)/t12-/m1/s1. The lowest BCUT2D eigenvalue weighted by atomic mass is 9.91. The van der Waals surface area contributed by atoms with E-state index in [4.69, 9.17) is 9.47 Å². The van der Waals surface area contributed by atoms with Crippen LogP contribution in [-0.2, 0) is 14.3 Å². The molecule has 1 aliphatic rings. The molecule has 0 aromatic rings. The summed E-state index contributed by atoms with van der Waals surface area (Å²) < 4.78 is 10.3. The number of alkyl carbamates (subject to hydrolysis) is 1. The Hall–Kier alpha value is -1.26. The highest BCUT2D eigenvalue weighted by molar-refractivity contribution is 5.74. The Morgan fingerprint density at radius 3 is 2.35 bits per heavy atom. The van der Waals surface area contributed by atoms with Crippen molar-refractivity contribution < 1.29 is 19.1 Å². The van der Waals surface area contributed by atoms with E-state index >= 15 is 0 Å². The van der Waals surface area contributed by atoms with Crippen molar-refractivity contribution in [2.45, 2.75) is 59.0 Å². The van der Waals surface area contributed by atoms with Gasteiger partial charge in [0.1, 0.15) is 5.60 Å². The van der Waals surface area contributed by atoms with Crippen LogP contribution in [-0.4, -0.2) is 30.8 Å². The molecule has 0 aliphatic heterocycles. The van der Waals surface area contributed by atoms with E-state index in [1.54, 1.807) is 6.92 Å². The molecule has 1 rings (SSSR count). The summed E-state index contributed by atoms with van der Waals surface area (Å²) in [7, 11) is 0. The third-order valence-electron chi connectivity index (χ3n) is 3.42. The van der Waals surface area contributed by atoms with Crippen molar-refractivity contribution in [3.63, 3.8) is 0 Å². The number of carbonyl (C=O) groups is 2. The number of rotatable bonds is 5. The quantitative estimate of drug-likeness (QED) is 0.789. The van der Waals surface area contributed by atoms with Crippen LogP contribution in [0.5, 0.6) is 0 Å². The molecule has 0 aromatic carbocycles. The Balaban J connectivity index is 2.52. The largest absolute Gasteiger partial charge is 0.466 e. The van der Waals surface area contributed by atoms with Crippen molar-refractivity contribution in [1.82, 2.24) is 5.32 Å². The first-order valence-electron chi connectivity index (χ1n) is 7.47. The Bertz CT molecular complexity index is 329. The molecule has 1 aliphatic carbocycles. The third-order valence-corrected chi connectivity index (χ3v) is 3.42. The van der Waals surface area contributed by atoms with Gasteiger partial charge in [0.25, 0.3) is 0 Å². The van der Waals surface area contributed by atoms with Gasteiger partial charge in [-0.1, -0.05) is 12.8 Å². The molecule has 0 spiro atoms. The summed E-state index contributed by atoms with van der Waals surface area (Å²) >= 11 is 0. The average molecular weight is 285 g/mol. The van der Waals surface area contributed by atoms with Crippen LogP contribution < -0.4 is 5.32 Å². The Morgan fingerprint density at radius 1 is 1.25 bits per heavy atom. The summed E-state index contributed by atoms with van der Waals surface area (Å²) in [6, 6.07) is 0. The van der Waals surface area contributed by atoms with E-state index in [0.29, 0.717) is 19.1 Å². The summed E-state index contributed by atoms with van der Waals surface area (Å²) in [6.45, 7) is 7.89. The first kappa shape index (κ1) is 16.8. The minimum atomic E-state index is -0.531. The number of esters is 1. The van der Waals surface area contributed by atoms with Crippen LogP contribution >= 0.6 is 0 Å². The van der Waals surface area contributed by atoms with Gasteiger partial charge in [0.05, 0.1) is 12.5 Å². The summed E-state index contributed by atoms with van der Waals surface area (Å²) in [4.78, 5) is 23.7. The van der Waals surface area contributed by atoms with Crippen LogP contribution in [0.4, 0.5) is 4.79 Å². The molecule has 1 atom stereocenters. The lowest BCUT2D eigenvalue weighted by Gasteiger charge is -2.24. The predicted octanol–water partition coefficient (Wildman–Crippen LogP) is 2.88. The van der Waals surface area contributed by atoms with Gasteiger partial charge in [0, 0.05) is 6.54 Å². The lowest BCUT2D eigenvalue weighted by Crippen LogP contribution is -2.39. The molecule has 1 N–H and O–H groups in total. The number of amides is 1. The molecule has 0 saturated heterocycles. The predicted molar refractivity (Wildman–Crippen MR) is 76.3 cm³/mol. The minimum Gasteiger partial charge on any atom is -0.466 e. The molecule has 0 aromatic heterocycles. The van der Waals surface area contributed by atoms with Crippen LogP contribution in [0.1, 0.15) is 53.4 Å². The van der Waals surface area contributed by atoms with Gasteiger partial charge in [-0.3, -0.25) is 4.79 Å². The fourth-order valence-electron chi connectivity index (χ4n) is 2.56. The van der Waals surface area contributed by atoms with E-state index in [2.05, 4.69) is 5.32 Å². The monoisotopic (exact) mass is 285 g/mol. The second-order valence-corrected chi connectivity index (χ2v) is 6.29. The van der Waals surface area contributed by atoms with Crippen LogP contribution in [0, 0.1) is 11.8 Å². The first-order valence-corrected chi connectivity index (χ1v) is 7.47. The molecule has 0 bridgehead atoms. The van der Waals surface area contributed by atoms with E-state index in [-0.39, 0.29) is 11.9 Å². The van der Waals surface area contributed by atoms with E-state index in [1.165, 1.54) is 0 Å². The molecule has 0 radical (unpaired) electrons.